The molecule has 0 aliphatic carbocycles. The number of furan rings is 1. The van der Waals surface area contributed by atoms with Gasteiger partial charge in [-0.15, -0.1) is 11.8 Å². The number of rotatable bonds is 5. The summed E-state index contributed by atoms with van der Waals surface area (Å²) in [6.07, 6.45) is 1.58. The first kappa shape index (κ1) is 18.4. The molecule has 2 aromatic carbocycles. The zero-order chi connectivity index (χ0) is 19.5. The Labute approximate surface area is 167 Å². The van der Waals surface area contributed by atoms with Crippen molar-refractivity contribution in [3.05, 3.63) is 83.8 Å². The predicted molar refractivity (Wildman–Crippen MR) is 109 cm³/mol. The lowest BCUT2D eigenvalue weighted by Crippen LogP contribution is -2.37. The van der Waals surface area contributed by atoms with E-state index in [0.29, 0.717) is 23.6 Å². The molecule has 1 atom stereocenters. The van der Waals surface area contributed by atoms with Crippen molar-refractivity contribution >= 4 is 29.3 Å². The Morgan fingerprint density at radius 2 is 2.00 bits per heavy atom. The van der Waals surface area contributed by atoms with Gasteiger partial charge in [0.2, 0.25) is 5.91 Å². The van der Waals surface area contributed by atoms with Gasteiger partial charge < -0.3 is 14.6 Å². The van der Waals surface area contributed by atoms with Crippen molar-refractivity contribution < 1.29 is 14.0 Å². The van der Waals surface area contributed by atoms with Gasteiger partial charge in [-0.1, -0.05) is 30.3 Å². The van der Waals surface area contributed by atoms with Crippen LogP contribution in [0.3, 0.4) is 0 Å². The molecule has 1 unspecified atom stereocenters. The Morgan fingerprint density at radius 1 is 1.18 bits per heavy atom. The SMILES string of the molecule is CC(c1ccccc1)N1C(=O)CSc2ccc(C(=O)NCc3ccco3)cc21. The van der Waals surface area contributed by atoms with Crippen molar-refractivity contribution in [2.45, 2.75) is 24.4 Å². The summed E-state index contributed by atoms with van der Waals surface area (Å²) in [6, 6.07) is 18.9. The van der Waals surface area contributed by atoms with Crippen molar-refractivity contribution in [1.82, 2.24) is 5.32 Å². The number of thioether (sulfide) groups is 1. The van der Waals surface area contributed by atoms with Gasteiger partial charge in [-0.3, -0.25) is 9.59 Å². The van der Waals surface area contributed by atoms with Gasteiger partial charge in [0.05, 0.1) is 30.3 Å². The second-order valence-electron chi connectivity index (χ2n) is 6.58. The molecule has 28 heavy (non-hydrogen) atoms. The zero-order valence-electron chi connectivity index (χ0n) is 15.4. The Balaban J connectivity index is 1.61. The van der Waals surface area contributed by atoms with Crippen LogP contribution in [0.2, 0.25) is 0 Å². The molecule has 0 bridgehead atoms. The third-order valence-electron chi connectivity index (χ3n) is 4.77. The number of hydrogen-bond donors (Lipinski definition) is 1. The fraction of sp³-hybridized carbons (Fsp3) is 0.182. The van der Waals surface area contributed by atoms with E-state index in [-0.39, 0.29) is 17.9 Å². The normalized spacial score (nSPS) is 14.5. The van der Waals surface area contributed by atoms with E-state index in [0.717, 1.165) is 16.1 Å². The summed E-state index contributed by atoms with van der Waals surface area (Å²) >= 11 is 1.51. The number of anilines is 1. The summed E-state index contributed by atoms with van der Waals surface area (Å²) in [7, 11) is 0. The molecule has 0 fully saturated rings. The van der Waals surface area contributed by atoms with Crippen molar-refractivity contribution in [3.63, 3.8) is 0 Å². The molecule has 0 saturated heterocycles. The molecule has 0 radical (unpaired) electrons. The number of hydrogen-bond acceptors (Lipinski definition) is 4. The minimum absolute atomic E-state index is 0.0435. The van der Waals surface area contributed by atoms with Crippen molar-refractivity contribution in [2.75, 3.05) is 10.7 Å². The molecule has 4 rings (SSSR count). The van der Waals surface area contributed by atoms with E-state index in [2.05, 4.69) is 5.32 Å². The molecule has 5 nitrogen and oxygen atoms in total. The number of carbonyl (C=O) groups is 2. The molecule has 142 valence electrons. The van der Waals surface area contributed by atoms with Crippen LogP contribution in [0.25, 0.3) is 0 Å². The molecule has 1 aromatic heterocycles. The lowest BCUT2D eigenvalue weighted by atomic mass is 10.0. The molecule has 1 aliphatic rings. The summed E-state index contributed by atoms with van der Waals surface area (Å²) in [5.74, 6) is 0.932. The Kier molecular flexibility index (Phi) is 5.21. The maximum atomic E-state index is 12.7. The smallest absolute Gasteiger partial charge is 0.251 e. The topological polar surface area (TPSA) is 62.6 Å². The maximum Gasteiger partial charge on any atom is 0.251 e. The van der Waals surface area contributed by atoms with E-state index >= 15 is 0 Å². The van der Waals surface area contributed by atoms with Crippen molar-refractivity contribution in [2.24, 2.45) is 0 Å². The highest BCUT2D eigenvalue weighted by molar-refractivity contribution is 8.00. The largest absolute Gasteiger partial charge is 0.467 e. The Hall–Kier alpha value is -2.99. The Bertz CT molecular complexity index is 986. The van der Waals surface area contributed by atoms with Crippen molar-refractivity contribution in [1.29, 1.82) is 0 Å². The van der Waals surface area contributed by atoms with Crippen LogP contribution in [0.5, 0.6) is 0 Å². The third-order valence-corrected chi connectivity index (χ3v) is 5.82. The Morgan fingerprint density at radius 3 is 2.75 bits per heavy atom. The van der Waals surface area contributed by atoms with Gasteiger partial charge in [0.15, 0.2) is 0 Å². The van der Waals surface area contributed by atoms with E-state index in [1.807, 2.05) is 49.4 Å². The summed E-state index contributed by atoms with van der Waals surface area (Å²) in [4.78, 5) is 28.1. The van der Waals surface area contributed by atoms with Gasteiger partial charge in [0, 0.05) is 10.5 Å². The van der Waals surface area contributed by atoms with E-state index in [9.17, 15) is 9.59 Å². The number of carbonyl (C=O) groups excluding carboxylic acids is 2. The minimum Gasteiger partial charge on any atom is -0.467 e. The molecule has 1 aliphatic heterocycles. The van der Waals surface area contributed by atoms with Crippen LogP contribution in [-0.4, -0.2) is 17.6 Å². The van der Waals surface area contributed by atoms with E-state index in [4.69, 9.17) is 4.42 Å². The third kappa shape index (κ3) is 3.68. The average Bonchev–Trinajstić information content (AvgIpc) is 3.25. The van der Waals surface area contributed by atoms with Gasteiger partial charge in [-0.25, -0.2) is 0 Å². The average molecular weight is 392 g/mol. The highest BCUT2D eigenvalue weighted by Crippen LogP contribution is 2.40. The second-order valence-corrected chi connectivity index (χ2v) is 7.60. The predicted octanol–water partition coefficient (Wildman–Crippen LogP) is 4.41. The van der Waals surface area contributed by atoms with E-state index < -0.39 is 0 Å². The summed E-state index contributed by atoms with van der Waals surface area (Å²) in [5, 5.41) is 2.85. The fourth-order valence-corrected chi connectivity index (χ4v) is 4.19. The minimum atomic E-state index is -0.200. The van der Waals surface area contributed by atoms with E-state index in [1.54, 1.807) is 29.4 Å². The molecule has 1 N–H and O–H groups in total. The van der Waals surface area contributed by atoms with Crippen LogP contribution in [0.15, 0.2) is 76.2 Å². The first-order valence-corrected chi connectivity index (χ1v) is 10.1. The number of fused-ring (bicyclic) bond motifs is 1. The van der Waals surface area contributed by atoms with Gasteiger partial charge in [0.1, 0.15) is 5.76 Å². The van der Waals surface area contributed by atoms with Crippen molar-refractivity contribution in [3.8, 4) is 0 Å². The fourth-order valence-electron chi connectivity index (χ4n) is 3.30. The summed E-state index contributed by atoms with van der Waals surface area (Å²) in [5.41, 5.74) is 2.36. The lowest BCUT2D eigenvalue weighted by Gasteiger charge is -2.34. The molecule has 2 heterocycles. The number of benzene rings is 2. The monoisotopic (exact) mass is 392 g/mol. The van der Waals surface area contributed by atoms with Crippen LogP contribution >= 0.6 is 11.8 Å². The van der Waals surface area contributed by atoms with Gasteiger partial charge in [-0.05, 0) is 42.8 Å². The van der Waals surface area contributed by atoms with Gasteiger partial charge in [0.25, 0.3) is 5.91 Å². The first-order valence-electron chi connectivity index (χ1n) is 9.08. The zero-order valence-corrected chi connectivity index (χ0v) is 16.2. The lowest BCUT2D eigenvalue weighted by molar-refractivity contribution is -0.116. The molecule has 2 amide bonds. The molecule has 3 aromatic rings. The van der Waals surface area contributed by atoms with Gasteiger partial charge >= 0.3 is 0 Å². The second kappa shape index (κ2) is 7.94. The summed E-state index contributed by atoms with van der Waals surface area (Å²) < 4.78 is 5.25. The van der Waals surface area contributed by atoms with Crippen LogP contribution < -0.4 is 10.2 Å². The molecular weight excluding hydrogens is 372 g/mol. The highest BCUT2D eigenvalue weighted by Gasteiger charge is 2.30. The first-order chi connectivity index (χ1) is 13.6. The van der Waals surface area contributed by atoms with Crippen LogP contribution in [0.4, 0.5) is 5.69 Å². The quantitative estimate of drug-likeness (QED) is 0.699. The molecule has 6 heteroatoms. The number of nitrogens with zero attached hydrogens (tertiary/aromatic N) is 1. The molecule has 0 saturated carbocycles. The maximum absolute atomic E-state index is 12.7. The van der Waals surface area contributed by atoms with E-state index in [1.165, 1.54) is 11.8 Å². The number of nitrogens with one attached hydrogen (secondary N) is 1. The standard InChI is InChI=1S/C22H20N2O3S/c1-15(16-6-3-2-4-7-16)24-19-12-17(9-10-20(19)28-14-21(24)25)22(26)23-13-18-8-5-11-27-18/h2-12,15H,13-14H2,1H3,(H,23,26). The summed E-state index contributed by atoms with van der Waals surface area (Å²) in [6.45, 7) is 2.33. The van der Waals surface area contributed by atoms with Gasteiger partial charge in [-0.2, -0.15) is 0 Å². The highest BCUT2D eigenvalue weighted by atomic mass is 32.2. The van der Waals surface area contributed by atoms with Crippen LogP contribution in [0.1, 0.15) is 34.6 Å². The van der Waals surface area contributed by atoms with Crippen LogP contribution in [0, 0.1) is 0 Å². The molecule has 0 spiro atoms. The van der Waals surface area contributed by atoms with Crippen LogP contribution in [-0.2, 0) is 11.3 Å². The molecular formula is C22H20N2O3S. The number of amides is 2.